The number of benzene rings is 1. The molecule has 0 radical (unpaired) electrons. The Balaban J connectivity index is 1.64. The summed E-state index contributed by atoms with van der Waals surface area (Å²) in [4.78, 5) is 24.1. The van der Waals surface area contributed by atoms with Crippen LogP contribution < -0.4 is 0 Å². The Kier molecular flexibility index (Phi) is 4.94. The first-order valence-corrected chi connectivity index (χ1v) is 9.61. The van der Waals surface area contributed by atoms with Gasteiger partial charge in [0.05, 0.1) is 11.7 Å². The third-order valence-corrected chi connectivity index (χ3v) is 5.13. The maximum absolute atomic E-state index is 13.2. The van der Waals surface area contributed by atoms with Crippen molar-refractivity contribution in [1.29, 1.82) is 0 Å². The first-order chi connectivity index (χ1) is 13.5. The Hall–Kier alpha value is -3.02. The van der Waals surface area contributed by atoms with E-state index in [2.05, 4.69) is 18.8 Å². The highest BCUT2D eigenvalue weighted by molar-refractivity contribution is 5.94. The van der Waals surface area contributed by atoms with Crippen molar-refractivity contribution in [3.05, 3.63) is 77.8 Å². The molecule has 3 heterocycles. The van der Waals surface area contributed by atoms with Gasteiger partial charge in [-0.15, -0.1) is 0 Å². The molecule has 2 aromatic heterocycles. The molecule has 5 nitrogen and oxygen atoms in total. The third kappa shape index (κ3) is 3.42. The van der Waals surface area contributed by atoms with Crippen LogP contribution in [0.15, 0.2) is 54.9 Å². The van der Waals surface area contributed by atoms with Crippen molar-refractivity contribution in [3.8, 4) is 5.82 Å². The van der Waals surface area contributed by atoms with E-state index < -0.39 is 0 Å². The van der Waals surface area contributed by atoms with Crippen molar-refractivity contribution in [2.45, 2.75) is 38.6 Å². The van der Waals surface area contributed by atoms with Gasteiger partial charge in [0.2, 0.25) is 0 Å². The van der Waals surface area contributed by atoms with E-state index in [-0.39, 0.29) is 23.7 Å². The maximum atomic E-state index is 13.2. The maximum Gasteiger partial charge on any atom is 0.254 e. The highest BCUT2D eigenvalue weighted by atomic mass is 19.1. The molecule has 144 valence electrons. The van der Waals surface area contributed by atoms with Crippen LogP contribution >= 0.6 is 0 Å². The number of rotatable bonds is 4. The van der Waals surface area contributed by atoms with Gasteiger partial charge in [0, 0.05) is 30.4 Å². The Labute approximate surface area is 163 Å². The van der Waals surface area contributed by atoms with E-state index in [9.17, 15) is 9.18 Å². The SMILES string of the molecule is CC(C)c1nccn1-c1cccc([C@@H]2CCCN2C(=O)c2ccc(F)cc2)n1. The first kappa shape index (κ1) is 18.3. The number of hydrogen-bond donors (Lipinski definition) is 0. The van der Waals surface area contributed by atoms with Gasteiger partial charge in [-0.25, -0.2) is 14.4 Å². The van der Waals surface area contributed by atoms with Gasteiger partial charge in [-0.1, -0.05) is 19.9 Å². The van der Waals surface area contributed by atoms with E-state index >= 15 is 0 Å². The van der Waals surface area contributed by atoms with Gasteiger partial charge < -0.3 is 4.90 Å². The van der Waals surface area contributed by atoms with Crippen LogP contribution in [0.4, 0.5) is 4.39 Å². The minimum atomic E-state index is -0.342. The average Bonchev–Trinajstić information content (AvgIpc) is 3.38. The fourth-order valence-corrected chi connectivity index (χ4v) is 3.77. The van der Waals surface area contributed by atoms with E-state index in [0.29, 0.717) is 12.1 Å². The predicted octanol–water partition coefficient (Wildman–Crippen LogP) is 4.51. The summed E-state index contributed by atoms with van der Waals surface area (Å²) in [5.74, 6) is 1.61. The highest BCUT2D eigenvalue weighted by Crippen LogP contribution is 2.32. The zero-order valence-corrected chi connectivity index (χ0v) is 16.0. The molecule has 1 aliphatic rings. The van der Waals surface area contributed by atoms with E-state index in [1.807, 2.05) is 33.9 Å². The van der Waals surface area contributed by atoms with Gasteiger partial charge in [0.15, 0.2) is 0 Å². The fourth-order valence-electron chi connectivity index (χ4n) is 3.77. The molecule has 0 saturated carbocycles. The van der Waals surface area contributed by atoms with E-state index in [4.69, 9.17) is 4.98 Å². The van der Waals surface area contributed by atoms with E-state index in [1.165, 1.54) is 24.3 Å². The summed E-state index contributed by atoms with van der Waals surface area (Å²) in [7, 11) is 0. The molecule has 1 amide bonds. The minimum Gasteiger partial charge on any atom is -0.330 e. The molecule has 1 saturated heterocycles. The largest absolute Gasteiger partial charge is 0.330 e. The normalized spacial score (nSPS) is 16.7. The Morgan fingerprint density at radius 3 is 2.71 bits per heavy atom. The Bertz CT molecular complexity index is 980. The summed E-state index contributed by atoms with van der Waals surface area (Å²) >= 11 is 0. The number of imidazole rings is 1. The molecule has 1 aromatic carbocycles. The van der Waals surface area contributed by atoms with Crippen LogP contribution in [0.1, 0.15) is 60.5 Å². The number of aromatic nitrogens is 3. The molecule has 28 heavy (non-hydrogen) atoms. The molecule has 1 fully saturated rings. The van der Waals surface area contributed by atoms with Crippen molar-refractivity contribution >= 4 is 5.91 Å². The van der Waals surface area contributed by atoms with Crippen LogP contribution in [0.25, 0.3) is 5.82 Å². The Morgan fingerprint density at radius 1 is 1.18 bits per heavy atom. The number of pyridine rings is 1. The molecule has 0 unspecified atom stereocenters. The second kappa shape index (κ2) is 7.54. The summed E-state index contributed by atoms with van der Waals surface area (Å²) < 4.78 is 15.2. The zero-order chi connectivity index (χ0) is 19.7. The van der Waals surface area contributed by atoms with Crippen LogP contribution in [0, 0.1) is 5.82 Å². The van der Waals surface area contributed by atoms with Gasteiger partial charge in [-0.2, -0.15) is 0 Å². The molecule has 0 aliphatic carbocycles. The molecule has 0 N–H and O–H groups in total. The lowest BCUT2D eigenvalue weighted by Crippen LogP contribution is -2.31. The third-order valence-electron chi connectivity index (χ3n) is 5.13. The lowest BCUT2D eigenvalue weighted by molar-refractivity contribution is 0.0733. The van der Waals surface area contributed by atoms with Crippen molar-refractivity contribution in [3.63, 3.8) is 0 Å². The highest BCUT2D eigenvalue weighted by Gasteiger charge is 2.31. The number of amides is 1. The molecule has 3 aromatic rings. The number of nitrogens with zero attached hydrogens (tertiary/aromatic N) is 4. The van der Waals surface area contributed by atoms with Crippen LogP contribution in [-0.4, -0.2) is 31.9 Å². The van der Waals surface area contributed by atoms with Crippen molar-refractivity contribution in [2.24, 2.45) is 0 Å². The summed E-state index contributed by atoms with van der Waals surface area (Å²) in [6.45, 7) is 4.88. The van der Waals surface area contributed by atoms with Crippen LogP contribution in [0.5, 0.6) is 0 Å². The molecule has 1 atom stereocenters. The van der Waals surface area contributed by atoms with Gasteiger partial charge >= 0.3 is 0 Å². The predicted molar refractivity (Wildman–Crippen MR) is 105 cm³/mol. The van der Waals surface area contributed by atoms with Gasteiger partial charge in [0.25, 0.3) is 5.91 Å². The second-order valence-corrected chi connectivity index (χ2v) is 7.39. The van der Waals surface area contributed by atoms with Crippen LogP contribution in [-0.2, 0) is 0 Å². The minimum absolute atomic E-state index is 0.0801. The fraction of sp³-hybridized carbons (Fsp3) is 0.318. The lowest BCUT2D eigenvalue weighted by atomic mass is 10.1. The number of carbonyl (C=O) groups excluding carboxylic acids is 1. The number of carbonyl (C=O) groups is 1. The van der Waals surface area contributed by atoms with Crippen LogP contribution in [0.2, 0.25) is 0 Å². The van der Waals surface area contributed by atoms with Gasteiger partial charge in [-0.3, -0.25) is 9.36 Å². The number of likely N-dealkylation sites (tertiary alicyclic amines) is 1. The topological polar surface area (TPSA) is 51.0 Å². The molecule has 4 rings (SSSR count). The summed E-state index contributed by atoms with van der Waals surface area (Å²) in [5, 5.41) is 0. The number of halogens is 1. The quantitative estimate of drug-likeness (QED) is 0.671. The van der Waals surface area contributed by atoms with Gasteiger partial charge in [0.1, 0.15) is 17.5 Å². The first-order valence-electron chi connectivity index (χ1n) is 9.61. The monoisotopic (exact) mass is 378 g/mol. The van der Waals surface area contributed by atoms with Gasteiger partial charge in [-0.05, 0) is 49.2 Å². The average molecular weight is 378 g/mol. The van der Waals surface area contributed by atoms with Crippen molar-refractivity contribution < 1.29 is 9.18 Å². The van der Waals surface area contributed by atoms with Crippen LogP contribution in [0.3, 0.4) is 0 Å². The molecule has 0 spiro atoms. The summed E-state index contributed by atoms with van der Waals surface area (Å²) in [6.07, 6.45) is 5.48. The lowest BCUT2D eigenvalue weighted by Gasteiger charge is -2.25. The molecule has 6 heteroatoms. The number of hydrogen-bond acceptors (Lipinski definition) is 3. The van der Waals surface area contributed by atoms with Crippen molar-refractivity contribution in [1.82, 2.24) is 19.4 Å². The molecular formula is C22H23FN4O. The van der Waals surface area contributed by atoms with Crippen molar-refractivity contribution in [2.75, 3.05) is 6.54 Å². The molecule has 1 aliphatic heterocycles. The van der Waals surface area contributed by atoms with E-state index in [0.717, 1.165) is 30.2 Å². The standard InChI is InChI=1S/C22H23FN4O/c1-15(2)21-24-12-14-27(21)20-7-3-5-18(25-20)19-6-4-13-26(19)22(28)16-8-10-17(23)11-9-16/h3,5,7-12,14-15,19H,4,6,13H2,1-2H3/t19-/m0/s1. The second-order valence-electron chi connectivity index (χ2n) is 7.39. The smallest absolute Gasteiger partial charge is 0.254 e. The molecule has 0 bridgehead atoms. The summed E-state index contributed by atoms with van der Waals surface area (Å²) in [6, 6.07) is 11.5. The summed E-state index contributed by atoms with van der Waals surface area (Å²) in [5.41, 5.74) is 1.37. The Morgan fingerprint density at radius 2 is 1.96 bits per heavy atom. The van der Waals surface area contributed by atoms with E-state index in [1.54, 1.807) is 6.20 Å². The zero-order valence-electron chi connectivity index (χ0n) is 16.0. The molecular weight excluding hydrogens is 355 g/mol.